The van der Waals surface area contributed by atoms with Crippen LogP contribution in [0, 0.1) is 6.92 Å². The summed E-state index contributed by atoms with van der Waals surface area (Å²) in [5, 5.41) is 8.09. The lowest BCUT2D eigenvalue weighted by atomic mass is 10.1. The molecule has 30 heavy (non-hydrogen) atoms. The summed E-state index contributed by atoms with van der Waals surface area (Å²) in [5.41, 5.74) is 1.82. The van der Waals surface area contributed by atoms with Crippen LogP contribution in [-0.4, -0.2) is 40.4 Å². The Bertz CT molecular complexity index is 1070. The minimum absolute atomic E-state index is 0.182. The van der Waals surface area contributed by atoms with Crippen molar-refractivity contribution in [2.45, 2.75) is 40.0 Å². The third-order valence-corrected chi connectivity index (χ3v) is 4.71. The number of hydrogen-bond donors (Lipinski definition) is 1. The number of nitrogens with one attached hydrogen (secondary N) is 1. The second-order valence-electron chi connectivity index (χ2n) is 6.84. The largest absolute Gasteiger partial charge is 0.494 e. The third kappa shape index (κ3) is 4.27. The molecule has 3 aromatic rings. The number of unbranched alkanes of at least 4 members (excludes halogenated alkanes) is 1. The van der Waals surface area contributed by atoms with Crippen LogP contribution in [0.5, 0.6) is 5.75 Å². The number of para-hydroxylation sites is 1. The van der Waals surface area contributed by atoms with Crippen molar-refractivity contribution in [1.29, 1.82) is 0 Å². The molecule has 2 heterocycles. The van der Waals surface area contributed by atoms with E-state index in [1.807, 2.05) is 38.1 Å². The number of hydrogen-bond acceptors (Lipinski definition) is 6. The molecule has 8 nitrogen and oxygen atoms in total. The van der Waals surface area contributed by atoms with Crippen LogP contribution in [0.4, 0.5) is 5.82 Å². The number of aryl methyl sites for hydroxylation is 1. The van der Waals surface area contributed by atoms with Crippen LogP contribution >= 0.6 is 0 Å². The molecule has 0 radical (unpaired) electrons. The summed E-state index contributed by atoms with van der Waals surface area (Å²) >= 11 is 0. The van der Waals surface area contributed by atoms with Gasteiger partial charge in [-0.25, -0.2) is 9.78 Å². The molecule has 2 aromatic heterocycles. The van der Waals surface area contributed by atoms with Gasteiger partial charge in [-0.15, -0.1) is 0 Å². The fourth-order valence-corrected chi connectivity index (χ4v) is 3.18. The zero-order chi connectivity index (χ0) is 21.7. The average molecular weight is 410 g/mol. The number of carbonyl (C=O) groups excluding carboxylic acids is 2. The first-order valence-electron chi connectivity index (χ1n) is 9.99. The lowest BCUT2D eigenvalue weighted by molar-refractivity contribution is -0.116. The van der Waals surface area contributed by atoms with Crippen LogP contribution in [0.1, 0.15) is 49.0 Å². The van der Waals surface area contributed by atoms with Gasteiger partial charge in [-0.3, -0.25) is 4.79 Å². The molecule has 0 fully saturated rings. The summed E-state index contributed by atoms with van der Waals surface area (Å²) in [6.45, 7) is 5.92. The standard InChI is InChI=1S/C22H26N4O4/c1-5-7-11-19(27)25-21-16(22(28)30-6-2)13-23-26(21)18-12-14(3)15-9-8-10-17(29-4)20(15)24-18/h8-10,12-13H,5-7,11H2,1-4H3,(H,25,27). The Morgan fingerprint density at radius 3 is 2.73 bits per heavy atom. The van der Waals surface area contributed by atoms with Crippen LogP contribution in [0.15, 0.2) is 30.5 Å². The van der Waals surface area contributed by atoms with Crippen molar-refractivity contribution in [3.8, 4) is 11.6 Å². The molecule has 0 aliphatic heterocycles. The van der Waals surface area contributed by atoms with Gasteiger partial charge < -0.3 is 14.8 Å². The first kappa shape index (κ1) is 21.3. The van der Waals surface area contributed by atoms with Crippen molar-refractivity contribution in [2.24, 2.45) is 0 Å². The molecule has 8 heteroatoms. The van der Waals surface area contributed by atoms with Crippen LogP contribution in [0.3, 0.4) is 0 Å². The Labute approximate surface area is 175 Å². The molecule has 0 spiro atoms. The number of rotatable bonds is 8. The molecule has 158 valence electrons. The maximum Gasteiger partial charge on any atom is 0.343 e. The predicted molar refractivity (Wildman–Crippen MR) is 114 cm³/mol. The number of fused-ring (bicyclic) bond motifs is 1. The van der Waals surface area contributed by atoms with Gasteiger partial charge in [0.25, 0.3) is 0 Å². The number of methoxy groups -OCH3 is 1. The van der Waals surface area contributed by atoms with Gasteiger partial charge >= 0.3 is 5.97 Å². The number of nitrogens with zero attached hydrogens (tertiary/aromatic N) is 3. The first-order chi connectivity index (χ1) is 14.5. The maximum atomic E-state index is 12.4. The smallest absolute Gasteiger partial charge is 0.343 e. The second kappa shape index (κ2) is 9.39. The van der Waals surface area contributed by atoms with Crippen molar-refractivity contribution < 1.29 is 19.1 Å². The van der Waals surface area contributed by atoms with E-state index in [4.69, 9.17) is 14.5 Å². The summed E-state index contributed by atoms with van der Waals surface area (Å²) in [5.74, 6) is 0.592. The minimum Gasteiger partial charge on any atom is -0.494 e. The van der Waals surface area contributed by atoms with Crippen LogP contribution in [0.25, 0.3) is 16.7 Å². The number of benzene rings is 1. The predicted octanol–water partition coefficient (Wildman–Crippen LogP) is 4.04. The first-order valence-corrected chi connectivity index (χ1v) is 9.99. The number of pyridine rings is 1. The SMILES string of the molecule is CCCCC(=O)Nc1c(C(=O)OCC)cnn1-c1cc(C)c2cccc(OC)c2n1. The molecule has 0 unspecified atom stereocenters. The highest BCUT2D eigenvalue weighted by Crippen LogP contribution is 2.29. The zero-order valence-electron chi connectivity index (χ0n) is 17.7. The van der Waals surface area contributed by atoms with E-state index in [9.17, 15) is 9.59 Å². The average Bonchev–Trinajstić information content (AvgIpc) is 3.15. The Hall–Kier alpha value is -3.42. The van der Waals surface area contributed by atoms with Crippen molar-refractivity contribution in [3.05, 3.63) is 41.6 Å². The quantitative estimate of drug-likeness (QED) is 0.563. The van der Waals surface area contributed by atoms with Gasteiger partial charge in [0.2, 0.25) is 5.91 Å². The highest BCUT2D eigenvalue weighted by atomic mass is 16.5. The molecule has 0 atom stereocenters. The highest BCUT2D eigenvalue weighted by Gasteiger charge is 2.22. The van der Waals surface area contributed by atoms with Crippen molar-refractivity contribution in [1.82, 2.24) is 14.8 Å². The Balaban J connectivity index is 2.13. The van der Waals surface area contributed by atoms with Crippen molar-refractivity contribution in [2.75, 3.05) is 19.0 Å². The second-order valence-corrected chi connectivity index (χ2v) is 6.84. The van der Waals surface area contributed by atoms with E-state index in [0.29, 0.717) is 23.5 Å². The molecule has 0 aliphatic carbocycles. The van der Waals surface area contributed by atoms with Gasteiger partial charge in [0.05, 0.1) is 19.9 Å². The molecular formula is C22H26N4O4. The summed E-state index contributed by atoms with van der Waals surface area (Å²) in [4.78, 5) is 29.5. The highest BCUT2D eigenvalue weighted by molar-refractivity contribution is 6.00. The minimum atomic E-state index is -0.551. The van der Waals surface area contributed by atoms with Crippen molar-refractivity contribution >= 4 is 28.6 Å². The van der Waals surface area contributed by atoms with Crippen LogP contribution in [0.2, 0.25) is 0 Å². The molecule has 1 aromatic carbocycles. The molecule has 0 aliphatic rings. The van der Waals surface area contributed by atoms with Gasteiger partial charge in [-0.1, -0.05) is 25.5 Å². The van der Waals surface area contributed by atoms with E-state index >= 15 is 0 Å². The monoisotopic (exact) mass is 410 g/mol. The van der Waals surface area contributed by atoms with E-state index in [1.54, 1.807) is 14.0 Å². The number of amides is 1. The summed E-state index contributed by atoms with van der Waals surface area (Å²) in [7, 11) is 1.59. The molecule has 0 saturated heterocycles. The maximum absolute atomic E-state index is 12.4. The van der Waals surface area contributed by atoms with Crippen molar-refractivity contribution in [3.63, 3.8) is 0 Å². The van der Waals surface area contributed by atoms with Gasteiger partial charge in [-0.2, -0.15) is 9.78 Å². The molecule has 1 amide bonds. The van der Waals surface area contributed by atoms with E-state index < -0.39 is 5.97 Å². The molecule has 3 rings (SSSR count). The summed E-state index contributed by atoms with van der Waals surface area (Å²) in [6, 6.07) is 7.55. The number of ether oxygens (including phenoxy) is 2. The normalized spacial score (nSPS) is 10.8. The van der Waals surface area contributed by atoms with Crippen LogP contribution in [-0.2, 0) is 9.53 Å². The van der Waals surface area contributed by atoms with E-state index in [2.05, 4.69) is 10.4 Å². The molecule has 0 saturated carbocycles. The van der Waals surface area contributed by atoms with Gasteiger partial charge in [0.15, 0.2) is 11.6 Å². The Morgan fingerprint density at radius 2 is 2.03 bits per heavy atom. The number of carbonyl (C=O) groups is 2. The molecule has 0 bridgehead atoms. The van der Waals surface area contributed by atoms with E-state index in [-0.39, 0.29) is 23.9 Å². The fourth-order valence-electron chi connectivity index (χ4n) is 3.18. The van der Waals surface area contributed by atoms with Gasteiger partial charge in [0, 0.05) is 11.8 Å². The lowest BCUT2D eigenvalue weighted by Gasteiger charge is -2.13. The number of aromatic nitrogens is 3. The summed E-state index contributed by atoms with van der Waals surface area (Å²) in [6.07, 6.45) is 3.38. The van der Waals surface area contributed by atoms with Crippen LogP contribution < -0.4 is 10.1 Å². The molecule has 1 N–H and O–H groups in total. The van der Waals surface area contributed by atoms with E-state index in [1.165, 1.54) is 10.9 Å². The van der Waals surface area contributed by atoms with Gasteiger partial charge in [-0.05, 0) is 38.0 Å². The fraction of sp³-hybridized carbons (Fsp3) is 0.364. The number of esters is 1. The summed E-state index contributed by atoms with van der Waals surface area (Å²) < 4.78 is 12.0. The lowest BCUT2D eigenvalue weighted by Crippen LogP contribution is -2.18. The van der Waals surface area contributed by atoms with E-state index in [0.717, 1.165) is 23.8 Å². The Kier molecular flexibility index (Phi) is 6.66. The third-order valence-electron chi connectivity index (χ3n) is 4.71. The molecular weight excluding hydrogens is 384 g/mol. The number of anilines is 1. The topological polar surface area (TPSA) is 95.3 Å². The zero-order valence-corrected chi connectivity index (χ0v) is 17.7. The van der Waals surface area contributed by atoms with Gasteiger partial charge in [0.1, 0.15) is 16.8 Å². The Morgan fingerprint density at radius 1 is 1.23 bits per heavy atom.